The minimum Gasteiger partial charge on any atom is -0.872 e. The molecule has 0 saturated carbocycles. The van der Waals surface area contributed by atoms with Gasteiger partial charge < -0.3 is 19.3 Å². The molecular weight excluding hydrogens is 484 g/mol. The number of ketones is 1. The van der Waals surface area contributed by atoms with Gasteiger partial charge in [-0.05, 0) is 37.6 Å². The van der Waals surface area contributed by atoms with Crippen molar-refractivity contribution < 1.29 is 33.7 Å². The van der Waals surface area contributed by atoms with Gasteiger partial charge in [0, 0.05) is 11.1 Å². The topological polar surface area (TPSA) is 118 Å². The Hall–Kier alpha value is -4.18. The van der Waals surface area contributed by atoms with Crippen LogP contribution in [-0.2, 0) is 14.3 Å². The van der Waals surface area contributed by atoms with Crippen molar-refractivity contribution in [2.45, 2.75) is 19.9 Å². The van der Waals surface area contributed by atoms with Gasteiger partial charge in [0.25, 0.3) is 0 Å². The predicted molar refractivity (Wildman–Crippen MR) is 131 cm³/mol. The van der Waals surface area contributed by atoms with Gasteiger partial charge in [0.2, 0.25) is 5.78 Å². The number of carbonyl (C=O) groups excluding carboxylic acids is 3. The number of anilines is 1. The lowest BCUT2D eigenvalue weighted by Gasteiger charge is -2.27. The molecule has 9 nitrogen and oxygen atoms in total. The van der Waals surface area contributed by atoms with Gasteiger partial charge in [-0.3, -0.25) is 14.5 Å². The van der Waals surface area contributed by atoms with Crippen molar-refractivity contribution in [2.24, 2.45) is 0 Å². The van der Waals surface area contributed by atoms with Crippen LogP contribution in [0, 0.1) is 6.92 Å². The Morgan fingerprint density at radius 1 is 1.08 bits per heavy atom. The Labute approximate surface area is 211 Å². The number of aromatic nitrogens is 1. The molecule has 1 atom stereocenters. The van der Waals surface area contributed by atoms with Crippen LogP contribution in [0.4, 0.5) is 5.13 Å². The lowest BCUT2D eigenvalue weighted by Crippen LogP contribution is -2.29. The summed E-state index contributed by atoms with van der Waals surface area (Å²) >= 11 is 0.922. The molecule has 1 saturated heterocycles. The van der Waals surface area contributed by atoms with E-state index >= 15 is 0 Å². The van der Waals surface area contributed by atoms with Crippen molar-refractivity contribution in [3.05, 3.63) is 75.8 Å². The average molecular weight is 508 g/mol. The molecule has 1 aromatic heterocycles. The number of benzene rings is 2. The first-order chi connectivity index (χ1) is 17.3. The molecule has 2 aromatic carbocycles. The second kappa shape index (κ2) is 10.2. The van der Waals surface area contributed by atoms with Crippen LogP contribution >= 0.6 is 11.3 Å². The van der Waals surface area contributed by atoms with Gasteiger partial charge in [-0.25, -0.2) is 9.78 Å². The SMILES string of the molecule is CCOC(=O)c1sc(N2C(=O)C(=O)C(=C([O-])c3ccc(OC)cc3)C2c2ccccc2OC)nc1C. The third-order valence-electron chi connectivity index (χ3n) is 5.67. The molecule has 186 valence electrons. The minimum absolute atomic E-state index is 0.0994. The molecule has 3 aromatic rings. The van der Waals surface area contributed by atoms with Crippen LogP contribution in [0.25, 0.3) is 5.76 Å². The standard InChI is InChI=1S/C26H24N2O7S/c1-5-35-25(32)23-14(2)27-26(36-23)28-20(17-8-6-7-9-18(17)34-4)19(22(30)24(28)31)21(29)15-10-12-16(33-3)13-11-15/h6-13,20,29H,5H2,1-4H3/p-1. The molecule has 0 N–H and O–H groups in total. The minimum atomic E-state index is -1.11. The van der Waals surface area contributed by atoms with Crippen LogP contribution in [0.5, 0.6) is 11.5 Å². The number of nitrogens with zero attached hydrogens (tertiary/aromatic N) is 2. The first-order valence-electron chi connectivity index (χ1n) is 11.0. The number of carbonyl (C=O) groups is 3. The van der Waals surface area contributed by atoms with Crippen molar-refractivity contribution in [3.63, 3.8) is 0 Å². The second-order valence-electron chi connectivity index (χ2n) is 7.75. The maximum Gasteiger partial charge on any atom is 0.350 e. The molecular formula is C26H23N2O7S-. The van der Waals surface area contributed by atoms with Gasteiger partial charge in [0.1, 0.15) is 16.4 Å². The quantitative estimate of drug-likeness (QED) is 0.207. The maximum atomic E-state index is 13.6. The van der Waals surface area contributed by atoms with Crippen molar-refractivity contribution >= 4 is 39.9 Å². The largest absolute Gasteiger partial charge is 0.872 e. The fourth-order valence-electron chi connectivity index (χ4n) is 3.98. The number of hydrogen-bond acceptors (Lipinski definition) is 9. The molecule has 0 bridgehead atoms. The number of ether oxygens (including phenoxy) is 3. The molecule has 0 aliphatic carbocycles. The van der Waals surface area contributed by atoms with Crippen molar-refractivity contribution in [1.29, 1.82) is 0 Å². The smallest absolute Gasteiger partial charge is 0.350 e. The fourth-order valence-corrected chi connectivity index (χ4v) is 4.96. The van der Waals surface area contributed by atoms with Gasteiger partial charge >= 0.3 is 11.9 Å². The number of Topliss-reactive ketones (excluding diaryl/α,β-unsaturated/α-hetero) is 1. The van der Waals surface area contributed by atoms with Crippen molar-refractivity contribution in [3.8, 4) is 11.5 Å². The summed E-state index contributed by atoms with van der Waals surface area (Å²) in [7, 11) is 2.96. The number of para-hydroxylation sites is 1. The Balaban J connectivity index is 1.93. The van der Waals surface area contributed by atoms with Gasteiger partial charge in [-0.2, -0.15) is 0 Å². The molecule has 1 fully saturated rings. The third-order valence-corrected chi connectivity index (χ3v) is 6.81. The van der Waals surface area contributed by atoms with E-state index in [1.807, 2.05) is 0 Å². The molecule has 1 aliphatic heterocycles. The number of hydrogen-bond donors (Lipinski definition) is 0. The first kappa shape index (κ1) is 24.9. The molecule has 4 rings (SSSR count). The molecule has 10 heteroatoms. The fraction of sp³-hybridized carbons (Fsp3) is 0.231. The lowest BCUT2D eigenvalue weighted by molar-refractivity contribution is -0.245. The summed E-state index contributed by atoms with van der Waals surface area (Å²) in [6.45, 7) is 3.46. The molecule has 1 aliphatic rings. The highest BCUT2D eigenvalue weighted by Crippen LogP contribution is 2.45. The molecule has 1 amide bonds. The van der Waals surface area contributed by atoms with Gasteiger partial charge in [0.05, 0.1) is 32.6 Å². The summed E-state index contributed by atoms with van der Waals surface area (Å²) in [5, 5.41) is 13.7. The van der Waals surface area contributed by atoms with E-state index in [4.69, 9.17) is 14.2 Å². The Morgan fingerprint density at radius 3 is 2.42 bits per heavy atom. The summed E-state index contributed by atoms with van der Waals surface area (Å²) in [4.78, 5) is 44.8. The number of methoxy groups -OCH3 is 2. The number of rotatable bonds is 7. The highest BCUT2D eigenvalue weighted by Gasteiger charge is 2.47. The summed E-state index contributed by atoms with van der Waals surface area (Å²) in [6, 6.07) is 11.9. The van der Waals surface area contributed by atoms with Crippen LogP contribution in [0.15, 0.2) is 54.1 Å². The number of thiazole rings is 1. The zero-order valence-electron chi connectivity index (χ0n) is 20.1. The summed E-state index contributed by atoms with van der Waals surface area (Å²) in [6.07, 6.45) is 0. The number of aryl methyl sites for hydroxylation is 1. The van der Waals surface area contributed by atoms with Crippen LogP contribution in [0.2, 0.25) is 0 Å². The van der Waals surface area contributed by atoms with E-state index in [1.54, 1.807) is 50.2 Å². The van der Waals surface area contributed by atoms with E-state index in [0.29, 0.717) is 22.8 Å². The molecule has 0 spiro atoms. The Kier molecular flexibility index (Phi) is 7.07. The maximum absolute atomic E-state index is 13.6. The van der Waals surface area contributed by atoms with Crippen LogP contribution < -0.4 is 19.5 Å². The Morgan fingerprint density at radius 2 is 1.78 bits per heavy atom. The zero-order chi connectivity index (χ0) is 26.0. The summed E-state index contributed by atoms with van der Waals surface area (Å²) < 4.78 is 15.7. The average Bonchev–Trinajstić information content (AvgIpc) is 3.40. The van der Waals surface area contributed by atoms with E-state index < -0.39 is 29.5 Å². The van der Waals surface area contributed by atoms with E-state index in [2.05, 4.69) is 4.98 Å². The summed E-state index contributed by atoms with van der Waals surface area (Å²) in [5.41, 5.74) is 0.764. The zero-order valence-corrected chi connectivity index (χ0v) is 20.9. The molecule has 0 radical (unpaired) electrons. The summed E-state index contributed by atoms with van der Waals surface area (Å²) in [5.74, 6) is -2.13. The van der Waals surface area contributed by atoms with Crippen LogP contribution in [-0.4, -0.2) is 43.5 Å². The van der Waals surface area contributed by atoms with E-state index in [1.165, 1.54) is 26.4 Å². The number of amides is 1. The highest BCUT2D eigenvalue weighted by atomic mass is 32.1. The third kappa shape index (κ3) is 4.31. The number of esters is 1. The lowest BCUT2D eigenvalue weighted by atomic mass is 9.94. The van der Waals surface area contributed by atoms with Crippen molar-refractivity contribution in [2.75, 3.05) is 25.7 Å². The van der Waals surface area contributed by atoms with E-state index in [-0.39, 0.29) is 27.8 Å². The second-order valence-corrected chi connectivity index (χ2v) is 8.73. The van der Waals surface area contributed by atoms with Gasteiger partial charge in [-0.15, -0.1) is 0 Å². The van der Waals surface area contributed by atoms with Crippen molar-refractivity contribution in [1.82, 2.24) is 4.98 Å². The van der Waals surface area contributed by atoms with E-state index in [0.717, 1.165) is 16.2 Å². The monoisotopic (exact) mass is 507 g/mol. The highest BCUT2D eigenvalue weighted by molar-refractivity contribution is 7.17. The van der Waals surface area contributed by atoms with Crippen LogP contribution in [0.3, 0.4) is 0 Å². The van der Waals surface area contributed by atoms with Gasteiger partial charge in [-0.1, -0.05) is 47.4 Å². The predicted octanol–water partition coefficient (Wildman–Crippen LogP) is 3.07. The molecule has 36 heavy (non-hydrogen) atoms. The van der Waals surface area contributed by atoms with E-state index in [9.17, 15) is 19.5 Å². The van der Waals surface area contributed by atoms with Gasteiger partial charge in [0.15, 0.2) is 5.13 Å². The molecule has 1 unspecified atom stereocenters. The first-order valence-corrected chi connectivity index (χ1v) is 11.8. The normalized spacial score (nSPS) is 16.8. The molecule has 2 heterocycles. The Bertz CT molecular complexity index is 1360. The van der Waals surface area contributed by atoms with Crippen LogP contribution in [0.1, 0.15) is 39.5 Å².